The summed E-state index contributed by atoms with van der Waals surface area (Å²) in [6, 6.07) is 0. The SMILES string of the molecule is CC(C)OC(=O)[C@@H](Cn1cncn1)OC(N)=O. The molecule has 17 heavy (non-hydrogen) atoms. The average molecular weight is 242 g/mol. The Morgan fingerprint density at radius 3 is 2.59 bits per heavy atom. The molecule has 8 nitrogen and oxygen atoms in total. The molecular formula is C9H14N4O4. The van der Waals surface area contributed by atoms with Crippen molar-refractivity contribution in [3.8, 4) is 0 Å². The maximum Gasteiger partial charge on any atom is 0.405 e. The van der Waals surface area contributed by atoms with E-state index in [0.29, 0.717) is 0 Å². The van der Waals surface area contributed by atoms with Crippen molar-refractivity contribution in [2.24, 2.45) is 5.73 Å². The molecule has 0 unspecified atom stereocenters. The summed E-state index contributed by atoms with van der Waals surface area (Å²) in [5.74, 6) is -0.672. The molecule has 8 heteroatoms. The minimum Gasteiger partial charge on any atom is -0.460 e. The van der Waals surface area contributed by atoms with E-state index in [1.165, 1.54) is 17.3 Å². The molecule has 0 saturated heterocycles. The molecule has 1 heterocycles. The van der Waals surface area contributed by atoms with Crippen LogP contribution < -0.4 is 5.73 Å². The highest BCUT2D eigenvalue weighted by Crippen LogP contribution is 2.02. The first-order chi connectivity index (χ1) is 7.99. The number of esters is 1. The Morgan fingerprint density at radius 1 is 1.41 bits per heavy atom. The van der Waals surface area contributed by atoms with Crippen molar-refractivity contribution >= 4 is 12.1 Å². The van der Waals surface area contributed by atoms with Gasteiger partial charge in [-0.25, -0.2) is 19.3 Å². The van der Waals surface area contributed by atoms with Gasteiger partial charge < -0.3 is 15.2 Å². The van der Waals surface area contributed by atoms with Gasteiger partial charge in [-0.05, 0) is 13.8 Å². The van der Waals surface area contributed by atoms with Crippen LogP contribution in [0.3, 0.4) is 0 Å². The third-order valence-electron chi connectivity index (χ3n) is 1.69. The van der Waals surface area contributed by atoms with Crippen LogP contribution >= 0.6 is 0 Å². The predicted molar refractivity (Wildman–Crippen MR) is 55.7 cm³/mol. The molecular weight excluding hydrogens is 228 g/mol. The van der Waals surface area contributed by atoms with Crippen molar-refractivity contribution in [3.63, 3.8) is 0 Å². The fraction of sp³-hybridized carbons (Fsp3) is 0.556. The molecule has 1 aromatic heterocycles. The van der Waals surface area contributed by atoms with Crippen LogP contribution in [0.4, 0.5) is 4.79 Å². The Balaban J connectivity index is 2.66. The number of rotatable bonds is 5. The summed E-state index contributed by atoms with van der Waals surface area (Å²) in [7, 11) is 0. The molecule has 0 fully saturated rings. The fourth-order valence-corrected chi connectivity index (χ4v) is 1.11. The lowest BCUT2D eigenvalue weighted by Gasteiger charge is -2.16. The Kier molecular flexibility index (Phi) is 4.44. The minimum absolute atomic E-state index is 0.00843. The van der Waals surface area contributed by atoms with Gasteiger partial charge in [0.25, 0.3) is 0 Å². The summed E-state index contributed by atoms with van der Waals surface area (Å²) < 4.78 is 10.9. The lowest BCUT2D eigenvalue weighted by Crippen LogP contribution is -2.36. The van der Waals surface area contributed by atoms with Crippen LogP contribution in [0.1, 0.15) is 13.8 Å². The molecule has 1 amide bonds. The zero-order chi connectivity index (χ0) is 12.8. The highest BCUT2D eigenvalue weighted by molar-refractivity contribution is 5.78. The van der Waals surface area contributed by atoms with E-state index >= 15 is 0 Å². The molecule has 0 saturated carbocycles. The molecule has 0 radical (unpaired) electrons. The number of nitrogens with two attached hydrogens (primary N) is 1. The number of carbonyl (C=O) groups excluding carboxylic acids is 2. The van der Waals surface area contributed by atoms with Crippen molar-refractivity contribution in [3.05, 3.63) is 12.7 Å². The second-order valence-electron chi connectivity index (χ2n) is 3.53. The number of carbonyl (C=O) groups is 2. The van der Waals surface area contributed by atoms with Gasteiger partial charge in [-0.3, -0.25) is 0 Å². The third kappa shape index (κ3) is 4.49. The lowest BCUT2D eigenvalue weighted by molar-refractivity contribution is -0.158. The highest BCUT2D eigenvalue weighted by atomic mass is 16.6. The van der Waals surface area contributed by atoms with Gasteiger partial charge in [-0.1, -0.05) is 0 Å². The molecule has 1 atom stereocenters. The normalized spacial score (nSPS) is 12.2. The van der Waals surface area contributed by atoms with Crippen LogP contribution in [0.5, 0.6) is 0 Å². The molecule has 2 N–H and O–H groups in total. The molecule has 0 spiro atoms. The molecule has 0 aliphatic rings. The summed E-state index contributed by atoms with van der Waals surface area (Å²) in [6.07, 6.45) is 0.208. The van der Waals surface area contributed by atoms with E-state index in [1.807, 2.05) is 0 Å². The van der Waals surface area contributed by atoms with Crippen LogP contribution in [-0.2, 0) is 20.8 Å². The van der Waals surface area contributed by atoms with Crippen LogP contribution in [0.15, 0.2) is 12.7 Å². The number of hydrogen-bond acceptors (Lipinski definition) is 6. The van der Waals surface area contributed by atoms with Crippen LogP contribution in [0, 0.1) is 0 Å². The molecule has 0 aliphatic heterocycles. The summed E-state index contributed by atoms with van der Waals surface area (Å²) in [4.78, 5) is 26.0. The Morgan fingerprint density at radius 2 is 2.12 bits per heavy atom. The van der Waals surface area contributed by atoms with Crippen LogP contribution in [-0.4, -0.2) is 39.0 Å². The Labute approximate surface area is 97.7 Å². The van der Waals surface area contributed by atoms with Gasteiger partial charge >= 0.3 is 12.1 Å². The van der Waals surface area contributed by atoms with E-state index < -0.39 is 18.2 Å². The molecule has 1 aromatic rings. The fourth-order valence-electron chi connectivity index (χ4n) is 1.11. The van der Waals surface area contributed by atoms with Gasteiger partial charge in [0.2, 0.25) is 6.10 Å². The zero-order valence-corrected chi connectivity index (χ0v) is 9.57. The topological polar surface area (TPSA) is 109 Å². The molecule has 1 rings (SSSR count). The van der Waals surface area contributed by atoms with E-state index in [4.69, 9.17) is 10.5 Å². The maximum atomic E-state index is 11.6. The summed E-state index contributed by atoms with van der Waals surface area (Å²) in [5, 5.41) is 3.79. The smallest absolute Gasteiger partial charge is 0.405 e. The summed E-state index contributed by atoms with van der Waals surface area (Å²) in [5.41, 5.74) is 4.88. The first-order valence-electron chi connectivity index (χ1n) is 4.98. The maximum absolute atomic E-state index is 11.6. The van der Waals surface area contributed by atoms with Gasteiger partial charge in [-0.2, -0.15) is 5.10 Å². The Hall–Kier alpha value is -2.12. The van der Waals surface area contributed by atoms with E-state index in [1.54, 1.807) is 13.8 Å². The standard InChI is InChI=1S/C9H14N4O4/c1-6(2)16-8(14)7(17-9(10)15)3-13-5-11-4-12-13/h4-7H,3H2,1-2H3,(H2,10,15)/t7-/m1/s1. The van der Waals surface area contributed by atoms with Crippen molar-refractivity contribution < 1.29 is 19.1 Å². The Bertz CT molecular complexity index is 376. The average Bonchev–Trinajstić information content (AvgIpc) is 2.67. The van der Waals surface area contributed by atoms with E-state index in [2.05, 4.69) is 14.8 Å². The molecule has 0 aliphatic carbocycles. The first-order valence-corrected chi connectivity index (χ1v) is 4.98. The van der Waals surface area contributed by atoms with Gasteiger partial charge in [0.1, 0.15) is 12.7 Å². The largest absolute Gasteiger partial charge is 0.460 e. The van der Waals surface area contributed by atoms with E-state index in [-0.39, 0.29) is 12.6 Å². The van der Waals surface area contributed by atoms with Crippen molar-refractivity contribution in [2.75, 3.05) is 0 Å². The van der Waals surface area contributed by atoms with E-state index in [9.17, 15) is 9.59 Å². The number of hydrogen-bond donors (Lipinski definition) is 1. The van der Waals surface area contributed by atoms with Crippen LogP contribution in [0.2, 0.25) is 0 Å². The minimum atomic E-state index is -1.13. The first kappa shape index (κ1) is 12.9. The lowest BCUT2D eigenvalue weighted by atomic mass is 10.3. The third-order valence-corrected chi connectivity index (χ3v) is 1.69. The van der Waals surface area contributed by atoms with Gasteiger partial charge in [0, 0.05) is 0 Å². The monoisotopic (exact) mass is 242 g/mol. The second-order valence-corrected chi connectivity index (χ2v) is 3.53. The van der Waals surface area contributed by atoms with Crippen molar-refractivity contribution in [2.45, 2.75) is 32.6 Å². The molecule has 94 valence electrons. The predicted octanol–water partition coefficient (Wildman–Crippen LogP) is -0.306. The zero-order valence-electron chi connectivity index (χ0n) is 9.57. The molecule has 0 bridgehead atoms. The van der Waals surface area contributed by atoms with Crippen LogP contribution in [0.25, 0.3) is 0 Å². The number of aromatic nitrogens is 3. The summed E-state index contributed by atoms with van der Waals surface area (Å²) in [6.45, 7) is 3.39. The molecule has 0 aromatic carbocycles. The summed E-state index contributed by atoms with van der Waals surface area (Å²) >= 11 is 0. The number of nitrogens with zero attached hydrogens (tertiary/aromatic N) is 3. The number of amides is 1. The second kappa shape index (κ2) is 5.83. The number of primary amides is 1. The van der Waals surface area contributed by atoms with E-state index in [0.717, 1.165) is 0 Å². The van der Waals surface area contributed by atoms with Crippen molar-refractivity contribution in [1.82, 2.24) is 14.8 Å². The quantitative estimate of drug-likeness (QED) is 0.709. The van der Waals surface area contributed by atoms with Crippen molar-refractivity contribution in [1.29, 1.82) is 0 Å². The van der Waals surface area contributed by atoms with Gasteiger partial charge in [0.15, 0.2) is 0 Å². The highest BCUT2D eigenvalue weighted by Gasteiger charge is 2.25. The number of ether oxygens (including phenoxy) is 2. The van der Waals surface area contributed by atoms with Gasteiger partial charge in [0.05, 0.1) is 12.6 Å². The van der Waals surface area contributed by atoms with Gasteiger partial charge in [-0.15, -0.1) is 0 Å².